The number of benzene rings is 1. The van der Waals surface area contributed by atoms with E-state index >= 15 is 0 Å². The molecule has 0 bridgehead atoms. The summed E-state index contributed by atoms with van der Waals surface area (Å²) >= 11 is 0. The minimum Gasteiger partial charge on any atom is -0.302 e. The molecule has 0 amide bonds. The van der Waals surface area contributed by atoms with E-state index in [1.165, 1.54) is 11.1 Å². The third-order valence-corrected chi connectivity index (χ3v) is 2.81. The van der Waals surface area contributed by atoms with Crippen LogP contribution in [0.1, 0.15) is 38.3 Å². The van der Waals surface area contributed by atoms with Crippen molar-refractivity contribution in [2.24, 2.45) is 0 Å². The summed E-state index contributed by atoms with van der Waals surface area (Å²) in [5.74, 6) is 0. The van der Waals surface area contributed by atoms with Crippen LogP contribution in [0.5, 0.6) is 0 Å². The molecule has 0 saturated heterocycles. The van der Waals surface area contributed by atoms with Gasteiger partial charge in [-0.15, -0.1) is 0 Å². The van der Waals surface area contributed by atoms with Crippen molar-refractivity contribution in [1.29, 1.82) is 0 Å². The van der Waals surface area contributed by atoms with Crippen molar-refractivity contribution in [1.82, 2.24) is 4.90 Å². The van der Waals surface area contributed by atoms with Crippen molar-refractivity contribution in [2.75, 3.05) is 13.6 Å². The van der Waals surface area contributed by atoms with Gasteiger partial charge in [-0.3, -0.25) is 0 Å². The minimum absolute atomic E-state index is 0.248. The first-order chi connectivity index (χ1) is 7.43. The Kier molecular flexibility index (Phi) is 4.55. The standard InChI is InChI=1S/C15H24N/c1-6-11-16(5)12-13-7-9-14(10-8-13)15(2,3)4/h7-10H,1,6,11-12H2,2-5H3. The van der Waals surface area contributed by atoms with Gasteiger partial charge < -0.3 is 4.90 Å². The molecule has 0 aliphatic heterocycles. The van der Waals surface area contributed by atoms with Crippen LogP contribution in [-0.4, -0.2) is 18.5 Å². The van der Waals surface area contributed by atoms with Gasteiger partial charge in [0.1, 0.15) is 0 Å². The molecule has 0 N–H and O–H groups in total. The van der Waals surface area contributed by atoms with E-state index < -0.39 is 0 Å². The van der Waals surface area contributed by atoms with Crippen LogP contribution in [0.4, 0.5) is 0 Å². The molecule has 0 saturated carbocycles. The van der Waals surface area contributed by atoms with Gasteiger partial charge in [-0.05, 0) is 36.6 Å². The third-order valence-electron chi connectivity index (χ3n) is 2.81. The van der Waals surface area contributed by atoms with Crippen LogP contribution in [0.3, 0.4) is 0 Å². The molecule has 89 valence electrons. The number of rotatable bonds is 4. The van der Waals surface area contributed by atoms with E-state index in [0.717, 1.165) is 19.5 Å². The summed E-state index contributed by atoms with van der Waals surface area (Å²) in [5.41, 5.74) is 3.03. The molecule has 1 aromatic rings. The first-order valence-electron chi connectivity index (χ1n) is 6.00. The van der Waals surface area contributed by atoms with E-state index in [1.807, 2.05) is 0 Å². The summed E-state index contributed by atoms with van der Waals surface area (Å²) in [6.45, 7) is 12.7. The molecule has 1 heteroatoms. The predicted octanol–water partition coefficient (Wildman–Crippen LogP) is 3.64. The number of nitrogens with zero attached hydrogens (tertiary/aromatic N) is 1. The molecule has 0 aliphatic carbocycles. The number of hydrogen-bond donors (Lipinski definition) is 0. The first-order valence-corrected chi connectivity index (χ1v) is 6.00. The van der Waals surface area contributed by atoms with Gasteiger partial charge in [0, 0.05) is 6.54 Å². The molecule has 16 heavy (non-hydrogen) atoms. The van der Waals surface area contributed by atoms with Crippen molar-refractivity contribution >= 4 is 0 Å². The largest absolute Gasteiger partial charge is 0.302 e. The third kappa shape index (κ3) is 3.97. The topological polar surface area (TPSA) is 3.24 Å². The smallest absolute Gasteiger partial charge is 0.0230 e. The second-order valence-corrected chi connectivity index (χ2v) is 5.54. The minimum atomic E-state index is 0.248. The zero-order chi connectivity index (χ0) is 12.2. The fraction of sp³-hybridized carbons (Fsp3) is 0.533. The monoisotopic (exact) mass is 218 g/mol. The summed E-state index contributed by atoms with van der Waals surface area (Å²) in [6, 6.07) is 8.96. The first kappa shape index (κ1) is 13.2. The molecule has 0 atom stereocenters. The molecule has 0 unspecified atom stereocenters. The average Bonchev–Trinajstić information content (AvgIpc) is 2.17. The van der Waals surface area contributed by atoms with Gasteiger partial charge in [-0.25, -0.2) is 0 Å². The maximum absolute atomic E-state index is 3.87. The molecule has 1 aromatic carbocycles. The Labute approximate surface area is 100 Å². The van der Waals surface area contributed by atoms with E-state index in [2.05, 4.69) is 63.9 Å². The highest BCUT2D eigenvalue weighted by Crippen LogP contribution is 2.22. The van der Waals surface area contributed by atoms with E-state index in [0.29, 0.717) is 0 Å². The SMILES string of the molecule is [CH2]CCN(C)Cc1ccc(C(C)(C)C)cc1. The number of hydrogen-bond acceptors (Lipinski definition) is 1. The highest BCUT2D eigenvalue weighted by Gasteiger charge is 2.12. The van der Waals surface area contributed by atoms with Crippen LogP contribution in [-0.2, 0) is 12.0 Å². The van der Waals surface area contributed by atoms with Crippen LogP contribution in [0.15, 0.2) is 24.3 Å². The fourth-order valence-corrected chi connectivity index (χ4v) is 1.77. The van der Waals surface area contributed by atoms with Gasteiger partial charge >= 0.3 is 0 Å². The Morgan fingerprint density at radius 1 is 1.12 bits per heavy atom. The lowest BCUT2D eigenvalue weighted by Gasteiger charge is -2.20. The Morgan fingerprint density at radius 3 is 2.12 bits per heavy atom. The van der Waals surface area contributed by atoms with Gasteiger partial charge in [-0.1, -0.05) is 52.0 Å². The average molecular weight is 218 g/mol. The summed E-state index contributed by atoms with van der Waals surface area (Å²) in [6.07, 6.45) is 0.969. The molecule has 1 rings (SSSR count). The predicted molar refractivity (Wildman–Crippen MR) is 71.5 cm³/mol. The van der Waals surface area contributed by atoms with Gasteiger partial charge in [0.05, 0.1) is 0 Å². The molecule has 0 aliphatic rings. The molecule has 0 fully saturated rings. The Morgan fingerprint density at radius 2 is 1.69 bits per heavy atom. The molecule has 0 heterocycles. The maximum Gasteiger partial charge on any atom is 0.0230 e. The summed E-state index contributed by atoms with van der Waals surface area (Å²) < 4.78 is 0. The second kappa shape index (κ2) is 5.49. The maximum atomic E-state index is 3.87. The highest BCUT2D eigenvalue weighted by atomic mass is 15.1. The van der Waals surface area contributed by atoms with Gasteiger partial charge in [0.2, 0.25) is 0 Å². The lowest BCUT2D eigenvalue weighted by molar-refractivity contribution is 0.333. The molecular formula is C15H24N. The van der Waals surface area contributed by atoms with E-state index in [9.17, 15) is 0 Å². The van der Waals surface area contributed by atoms with Crippen LogP contribution < -0.4 is 0 Å². The second-order valence-electron chi connectivity index (χ2n) is 5.54. The quantitative estimate of drug-likeness (QED) is 0.746. The molecule has 0 aromatic heterocycles. The van der Waals surface area contributed by atoms with Crippen LogP contribution in [0.2, 0.25) is 0 Å². The normalized spacial score (nSPS) is 12.1. The van der Waals surface area contributed by atoms with E-state index in [1.54, 1.807) is 0 Å². The Balaban J connectivity index is 2.65. The van der Waals surface area contributed by atoms with Crippen LogP contribution >= 0.6 is 0 Å². The lowest BCUT2D eigenvalue weighted by Crippen LogP contribution is -2.18. The van der Waals surface area contributed by atoms with Crippen molar-refractivity contribution in [3.8, 4) is 0 Å². The van der Waals surface area contributed by atoms with E-state index in [4.69, 9.17) is 0 Å². The van der Waals surface area contributed by atoms with Gasteiger partial charge in [-0.2, -0.15) is 0 Å². The summed E-state index contributed by atoms with van der Waals surface area (Å²) in [5, 5.41) is 0. The van der Waals surface area contributed by atoms with Crippen molar-refractivity contribution in [3.05, 3.63) is 42.3 Å². The molecule has 0 spiro atoms. The fourth-order valence-electron chi connectivity index (χ4n) is 1.77. The van der Waals surface area contributed by atoms with Gasteiger partial charge in [0.15, 0.2) is 0 Å². The van der Waals surface area contributed by atoms with Crippen molar-refractivity contribution in [2.45, 2.75) is 39.2 Å². The van der Waals surface area contributed by atoms with Crippen LogP contribution in [0.25, 0.3) is 0 Å². The zero-order valence-electron chi connectivity index (χ0n) is 11.1. The van der Waals surface area contributed by atoms with Crippen molar-refractivity contribution in [3.63, 3.8) is 0 Å². The summed E-state index contributed by atoms with van der Waals surface area (Å²) in [7, 11) is 2.14. The van der Waals surface area contributed by atoms with Gasteiger partial charge in [0.25, 0.3) is 0 Å². The molecular weight excluding hydrogens is 194 g/mol. The summed E-state index contributed by atoms with van der Waals surface area (Å²) in [4.78, 5) is 2.30. The van der Waals surface area contributed by atoms with E-state index in [-0.39, 0.29) is 5.41 Å². The Hall–Kier alpha value is -0.820. The lowest BCUT2D eigenvalue weighted by atomic mass is 9.87. The highest BCUT2D eigenvalue weighted by molar-refractivity contribution is 5.27. The molecule has 1 nitrogen and oxygen atoms in total. The van der Waals surface area contributed by atoms with Crippen molar-refractivity contribution < 1.29 is 0 Å². The zero-order valence-corrected chi connectivity index (χ0v) is 11.1. The molecule has 1 radical (unpaired) electrons. The Bertz CT molecular complexity index is 305. The van der Waals surface area contributed by atoms with Crippen LogP contribution in [0, 0.1) is 6.92 Å².